The zero-order chi connectivity index (χ0) is 19.6. The lowest BCUT2D eigenvalue weighted by Crippen LogP contribution is -2.44. The van der Waals surface area contributed by atoms with Gasteiger partial charge in [0.05, 0.1) is 7.11 Å². The summed E-state index contributed by atoms with van der Waals surface area (Å²) in [6.07, 6.45) is 0.261. The van der Waals surface area contributed by atoms with Crippen LogP contribution in [0.3, 0.4) is 0 Å². The first kappa shape index (κ1) is 20.0. The molecule has 0 aliphatic heterocycles. The van der Waals surface area contributed by atoms with Gasteiger partial charge in [-0.2, -0.15) is 0 Å². The second-order valence-corrected chi connectivity index (χ2v) is 5.89. The Kier molecular flexibility index (Phi) is 7.37. The van der Waals surface area contributed by atoms with Gasteiger partial charge in [0.2, 0.25) is 5.91 Å². The van der Waals surface area contributed by atoms with Crippen LogP contribution in [0, 0.1) is 0 Å². The molecule has 0 aromatic heterocycles. The minimum atomic E-state index is -0.850. The van der Waals surface area contributed by atoms with Gasteiger partial charge in [0.25, 0.3) is 5.91 Å². The lowest BCUT2D eigenvalue weighted by Gasteiger charge is -2.17. The zero-order valence-corrected chi connectivity index (χ0v) is 15.0. The first-order chi connectivity index (χ1) is 13.0. The molecule has 7 heteroatoms. The van der Waals surface area contributed by atoms with Gasteiger partial charge in [-0.05, 0) is 29.8 Å². The molecule has 2 amide bonds. The van der Waals surface area contributed by atoms with E-state index in [1.807, 2.05) is 6.07 Å². The van der Waals surface area contributed by atoms with Crippen molar-refractivity contribution in [1.29, 1.82) is 0 Å². The van der Waals surface area contributed by atoms with Crippen molar-refractivity contribution in [1.82, 2.24) is 10.6 Å². The fourth-order valence-electron chi connectivity index (χ4n) is 2.45. The molecular formula is C20H22N2O5. The quantitative estimate of drug-likeness (QED) is 0.610. The number of carbonyl (C=O) groups is 3. The summed E-state index contributed by atoms with van der Waals surface area (Å²) in [6.45, 7) is 0.145. The van der Waals surface area contributed by atoms with Crippen LogP contribution in [0.4, 0.5) is 0 Å². The number of phenolic OH excluding ortho intramolecular Hbond substituents is 1. The van der Waals surface area contributed by atoms with Gasteiger partial charge in [-0.1, -0.05) is 30.3 Å². The van der Waals surface area contributed by atoms with Crippen molar-refractivity contribution in [3.8, 4) is 5.75 Å². The number of esters is 1. The Labute approximate surface area is 157 Å². The summed E-state index contributed by atoms with van der Waals surface area (Å²) in [7, 11) is 1.25. The largest absolute Gasteiger partial charge is 0.508 e. The number of ether oxygens (including phenoxy) is 1. The minimum absolute atomic E-state index is 0.0294. The van der Waals surface area contributed by atoms with E-state index in [1.54, 1.807) is 36.4 Å². The van der Waals surface area contributed by atoms with E-state index in [4.69, 9.17) is 4.74 Å². The van der Waals surface area contributed by atoms with Gasteiger partial charge < -0.3 is 20.5 Å². The first-order valence-electron chi connectivity index (χ1n) is 8.48. The maximum atomic E-state index is 12.1. The van der Waals surface area contributed by atoms with Crippen molar-refractivity contribution >= 4 is 17.8 Å². The normalized spacial score (nSPS) is 11.3. The summed E-state index contributed by atoms with van der Waals surface area (Å²) in [5, 5.41) is 14.6. The van der Waals surface area contributed by atoms with E-state index in [0.717, 1.165) is 5.56 Å². The summed E-state index contributed by atoms with van der Waals surface area (Å²) in [5.74, 6) is -1.09. The van der Waals surface area contributed by atoms with Crippen molar-refractivity contribution < 1.29 is 24.2 Å². The van der Waals surface area contributed by atoms with E-state index in [-0.39, 0.29) is 37.0 Å². The number of aromatic hydroxyl groups is 1. The Hall–Kier alpha value is -3.35. The zero-order valence-electron chi connectivity index (χ0n) is 15.0. The summed E-state index contributed by atoms with van der Waals surface area (Å²) in [5.41, 5.74) is 1.28. The van der Waals surface area contributed by atoms with Crippen molar-refractivity contribution in [3.63, 3.8) is 0 Å². The molecule has 27 heavy (non-hydrogen) atoms. The molecule has 0 bridgehead atoms. The van der Waals surface area contributed by atoms with Gasteiger partial charge in [0, 0.05) is 24.9 Å². The van der Waals surface area contributed by atoms with Crippen LogP contribution < -0.4 is 10.6 Å². The van der Waals surface area contributed by atoms with Gasteiger partial charge in [-0.25, -0.2) is 4.79 Å². The Balaban J connectivity index is 1.85. The molecule has 0 fully saturated rings. The molecule has 0 saturated carbocycles. The second-order valence-electron chi connectivity index (χ2n) is 5.89. The topological polar surface area (TPSA) is 105 Å². The highest BCUT2D eigenvalue weighted by Gasteiger charge is 2.22. The first-order valence-corrected chi connectivity index (χ1v) is 8.48. The predicted molar refractivity (Wildman–Crippen MR) is 99.1 cm³/mol. The maximum absolute atomic E-state index is 12.1. The molecule has 0 aliphatic rings. The highest BCUT2D eigenvalue weighted by molar-refractivity contribution is 5.94. The second kappa shape index (κ2) is 9.96. The van der Waals surface area contributed by atoms with E-state index in [9.17, 15) is 19.5 Å². The van der Waals surface area contributed by atoms with E-state index < -0.39 is 12.0 Å². The van der Waals surface area contributed by atoms with Crippen LogP contribution in [0.15, 0.2) is 54.6 Å². The van der Waals surface area contributed by atoms with Crippen LogP contribution >= 0.6 is 0 Å². The fourth-order valence-corrected chi connectivity index (χ4v) is 2.45. The van der Waals surface area contributed by atoms with Crippen LogP contribution in [0.25, 0.3) is 0 Å². The number of amides is 2. The van der Waals surface area contributed by atoms with Crippen LogP contribution in [-0.4, -0.2) is 42.6 Å². The third kappa shape index (κ3) is 6.47. The van der Waals surface area contributed by atoms with Crippen LogP contribution in [-0.2, 0) is 20.7 Å². The number of rotatable bonds is 8. The molecule has 3 N–H and O–H groups in total. The van der Waals surface area contributed by atoms with Crippen molar-refractivity contribution in [2.75, 3.05) is 13.7 Å². The number of benzene rings is 2. The Morgan fingerprint density at radius 2 is 1.70 bits per heavy atom. The molecule has 7 nitrogen and oxygen atoms in total. The number of nitrogens with one attached hydrogen (secondary N) is 2. The molecule has 142 valence electrons. The summed E-state index contributed by atoms with van der Waals surface area (Å²) < 4.78 is 4.74. The third-order valence-corrected chi connectivity index (χ3v) is 3.87. The molecule has 0 saturated heterocycles. The fraction of sp³-hybridized carbons (Fsp3) is 0.250. The van der Waals surface area contributed by atoms with Crippen LogP contribution in [0.2, 0.25) is 0 Å². The minimum Gasteiger partial charge on any atom is -0.508 e. The van der Waals surface area contributed by atoms with Crippen molar-refractivity contribution in [2.24, 2.45) is 0 Å². The third-order valence-electron chi connectivity index (χ3n) is 3.87. The SMILES string of the molecule is COC(=O)[C@@H](Cc1ccc(O)cc1)NC(=O)CCNC(=O)c1ccccc1. The highest BCUT2D eigenvalue weighted by Crippen LogP contribution is 2.12. The standard InChI is InChI=1S/C20H22N2O5/c1-27-20(26)17(13-14-7-9-16(23)10-8-14)22-18(24)11-12-21-19(25)15-5-3-2-4-6-15/h2-10,17,23H,11-13H2,1H3,(H,21,25)(H,22,24)/t17-/m1/s1. The summed E-state index contributed by atoms with van der Waals surface area (Å²) >= 11 is 0. The molecule has 2 rings (SSSR count). The maximum Gasteiger partial charge on any atom is 0.328 e. The monoisotopic (exact) mass is 370 g/mol. The average molecular weight is 370 g/mol. The average Bonchev–Trinajstić information content (AvgIpc) is 2.69. The molecule has 0 heterocycles. The molecule has 0 radical (unpaired) electrons. The molecule has 2 aromatic rings. The predicted octanol–water partition coefficient (Wildman–Crippen LogP) is 1.41. The van der Waals surface area contributed by atoms with Gasteiger partial charge in [-0.15, -0.1) is 0 Å². The van der Waals surface area contributed by atoms with Crippen LogP contribution in [0.1, 0.15) is 22.3 Å². The van der Waals surface area contributed by atoms with E-state index in [0.29, 0.717) is 5.56 Å². The molecule has 0 unspecified atom stereocenters. The van der Waals surface area contributed by atoms with Gasteiger partial charge in [0.1, 0.15) is 11.8 Å². The Morgan fingerprint density at radius 3 is 2.33 bits per heavy atom. The molecule has 1 atom stereocenters. The Morgan fingerprint density at radius 1 is 1.04 bits per heavy atom. The van der Waals surface area contributed by atoms with Gasteiger partial charge in [0.15, 0.2) is 0 Å². The smallest absolute Gasteiger partial charge is 0.328 e. The van der Waals surface area contributed by atoms with E-state index in [2.05, 4.69) is 10.6 Å². The lowest BCUT2D eigenvalue weighted by atomic mass is 10.1. The van der Waals surface area contributed by atoms with E-state index in [1.165, 1.54) is 19.2 Å². The molecule has 0 aliphatic carbocycles. The van der Waals surface area contributed by atoms with Gasteiger partial charge >= 0.3 is 5.97 Å². The lowest BCUT2D eigenvalue weighted by molar-refractivity contribution is -0.145. The molecule has 0 spiro atoms. The van der Waals surface area contributed by atoms with Gasteiger partial charge in [-0.3, -0.25) is 9.59 Å². The summed E-state index contributed by atoms with van der Waals surface area (Å²) in [4.78, 5) is 36.0. The number of methoxy groups -OCH3 is 1. The number of phenols is 1. The summed E-state index contributed by atoms with van der Waals surface area (Å²) in [6, 6.07) is 14.2. The molecular weight excluding hydrogens is 348 g/mol. The van der Waals surface area contributed by atoms with Crippen LogP contribution in [0.5, 0.6) is 5.75 Å². The number of hydrogen-bond acceptors (Lipinski definition) is 5. The highest BCUT2D eigenvalue weighted by atomic mass is 16.5. The Bertz CT molecular complexity index is 775. The molecule has 2 aromatic carbocycles. The van der Waals surface area contributed by atoms with E-state index >= 15 is 0 Å². The number of carbonyl (C=O) groups excluding carboxylic acids is 3. The van der Waals surface area contributed by atoms with Crippen molar-refractivity contribution in [2.45, 2.75) is 18.9 Å². The number of hydrogen-bond donors (Lipinski definition) is 3. The van der Waals surface area contributed by atoms with Crippen molar-refractivity contribution in [3.05, 3.63) is 65.7 Å².